The van der Waals surface area contributed by atoms with E-state index in [0.29, 0.717) is 16.9 Å². The van der Waals surface area contributed by atoms with Crippen LogP contribution < -0.4 is 5.32 Å². The fourth-order valence-electron chi connectivity index (χ4n) is 2.69. The van der Waals surface area contributed by atoms with E-state index < -0.39 is 11.7 Å². The number of amides is 1. The number of nitrogens with one attached hydrogen (secondary N) is 2. The fraction of sp³-hybridized carbons (Fsp3) is 0.158. The molecule has 116 valence electrons. The number of aromatic amines is 1. The van der Waals surface area contributed by atoms with Gasteiger partial charge in [0.05, 0.1) is 5.56 Å². The molecule has 0 aliphatic rings. The SMILES string of the molecule is CCc1ccc(NC(=O)C(=O)c2c(C)[nH]c3ccccc23)cc1. The molecule has 0 radical (unpaired) electrons. The van der Waals surface area contributed by atoms with Crippen molar-refractivity contribution >= 4 is 28.3 Å². The number of para-hydroxylation sites is 1. The van der Waals surface area contributed by atoms with E-state index in [4.69, 9.17) is 0 Å². The first-order chi connectivity index (χ1) is 11.1. The van der Waals surface area contributed by atoms with Gasteiger partial charge in [-0.05, 0) is 37.1 Å². The van der Waals surface area contributed by atoms with E-state index in [2.05, 4.69) is 17.2 Å². The van der Waals surface area contributed by atoms with Crippen molar-refractivity contribution in [1.82, 2.24) is 4.98 Å². The summed E-state index contributed by atoms with van der Waals surface area (Å²) in [5, 5.41) is 3.44. The molecule has 0 bridgehead atoms. The van der Waals surface area contributed by atoms with Crippen LogP contribution in [0.1, 0.15) is 28.5 Å². The maximum absolute atomic E-state index is 12.5. The van der Waals surface area contributed by atoms with Crippen molar-refractivity contribution < 1.29 is 9.59 Å². The lowest BCUT2D eigenvalue weighted by Gasteiger charge is -2.05. The number of aryl methyl sites for hydroxylation is 2. The molecule has 3 rings (SSSR count). The number of carbonyl (C=O) groups excluding carboxylic acids is 2. The maximum atomic E-state index is 12.5. The standard InChI is InChI=1S/C19H18N2O2/c1-3-13-8-10-14(11-9-13)21-19(23)18(22)17-12(2)20-16-7-5-4-6-15(16)17/h4-11,20H,3H2,1-2H3,(H,21,23). The lowest BCUT2D eigenvalue weighted by molar-refractivity contribution is -0.112. The number of ketones is 1. The highest BCUT2D eigenvalue weighted by Crippen LogP contribution is 2.22. The van der Waals surface area contributed by atoms with E-state index in [9.17, 15) is 9.59 Å². The first-order valence-electron chi connectivity index (χ1n) is 7.62. The van der Waals surface area contributed by atoms with Gasteiger partial charge in [-0.3, -0.25) is 9.59 Å². The molecule has 0 unspecified atom stereocenters. The van der Waals surface area contributed by atoms with Crippen molar-refractivity contribution in [2.75, 3.05) is 5.32 Å². The average molecular weight is 306 g/mol. The molecular weight excluding hydrogens is 288 g/mol. The zero-order valence-electron chi connectivity index (χ0n) is 13.1. The second kappa shape index (κ2) is 6.08. The number of benzene rings is 2. The Morgan fingerprint density at radius 1 is 1.04 bits per heavy atom. The van der Waals surface area contributed by atoms with Crippen LogP contribution in [0.4, 0.5) is 5.69 Å². The number of hydrogen-bond donors (Lipinski definition) is 2. The van der Waals surface area contributed by atoms with Gasteiger partial charge in [0, 0.05) is 22.3 Å². The molecule has 0 aliphatic carbocycles. The Bertz CT molecular complexity index is 876. The predicted molar refractivity (Wildman–Crippen MR) is 91.8 cm³/mol. The molecule has 0 fully saturated rings. The number of H-pyrrole nitrogens is 1. The zero-order valence-corrected chi connectivity index (χ0v) is 13.1. The minimum absolute atomic E-state index is 0.434. The molecule has 0 aliphatic heterocycles. The summed E-state index contributed by atoms with van der Waals surface area (Å²) in [7, 11) is 0. The van der Waals surface area contributed by atoms with Crippen LogP contribution in [-0.4, -0.2) is 16.7 Å². The van der Waals surface area contributed by atoms with E-state index in [0.717, 1.165) is 17.3 Å². The van der Waals surface area contributed by atoms with Gasteiger partial charge in [-0.25, -0.2) is 0 Å². The summed E-state index contributed by atoms with van der Waals surface area (Å²) in [5.41, 5.74) is 3.80. The Hall–Kier alpha value is -2.88. The molecule has 0 atom stereocenters. The minimum atomic E-state index is -0.623. The third-order valence-electron chi connectivity index (χ3n) is 3.95. The molecule has 1 aromatic heterocycles. The predicted octanol–water partition coefficient (Wildman–Crippen LogP) is 3.86. The van der Waals surface area contributed by atoms with Crippen LogP contribution in [0.15, 0.2) is 48.5 Å². The lowest BCUT2D eigenvalue weighted by atomic mass is 10.1. The topological polar surface area (TPSA) is 62.0 Å². The smallest absolute Gasteiger partial charge is 0.296 e. The number of rotatable bonds is 4. The highest BCUT2D eigenvalue weighted by atomic mass is 16.2. The second-order valence-electron chi connectivity index (χ2n) is 5.50. The van der Waals surface area contributed by atoms with Crippen molar-refractivity contribution in [3.05, 3.63) is 65.4 Å². The molecule has 1 heterocycles. The summed E-state index contributed by atoms with van der Waals surface area (Å²) in [6, 6.07) is 15.0. The minimum Gasteiger partial charge on any atom is -0.358 e. The van der Waals surface area contributed by atoms with Crippen molar-refractivity contribution in [3.8, 4) is 0 Å². The van der Waals surface area contributed by atoms with E-state index in [-0.39, 0.29) is 0 Å². The average Bonchev–Trinajstić information content (AvgIpc) is 2.90. The van der Waals surface area contributed by atoms with Gasteiger partial charge in [0.25, 0.3) is 11.7 Å². The molecule has 2 aromatic carbocycles. The first kappa shape index (κ1) is 15.0. The number of anilines is 1. The largest absolute Gasteiger partial charge is 0.358 e. The van der Waals surface area contributed by atoms with Gasteiger partial charge in [0.15, 0.2) is 0 Å². The van der Waals surface area contributed by atoms with E-state index in [1.807, 2.05) is 48.5 Å². The van der Waals surface area contributed by atoms with Crippen LogP contribution in [0, 0.1) is 6.92 Å². The number of carbonyl (C=O) groups is 2. The molecule has 23 heavy (non-hydrogen) atoms. The highest BCUT2D eigenvalue weighted by Gasteiger charge is 2.22. The molecule has 0 saturated carbocycles. The quantitative estimate of drug-likeness (QED) is 0.568. The van der Waals surface area contributed by atoms with Gasteiger partial charge in [-0.15, -0.1) is 0 Å². The number of Topliss-reactive ketones (excluding diaryl/α,β-unsaturated/α-hetero) is 1. The van der Waals surface area contributed by atoms with Crippen LogP contribution in [-0.2, 0) is 11.2 Å². The van der Waals surface area contributed by atoms with Gasteiger partial charge >= 0.3 is 0 Å². The Balaban J connectivity index is 1.86. The molecule has 0 saturated heterocycles. The maximum Gasteiger partial charge on any atom is 0.296 e. The van der Waals surface area contributed by atoms with Gasteiger partial charge in [-0.2, -0.15) is 0 Å². The van der Waals surface area contributed by atoms with Crippen molar-refractivity contribution in [2.45, 2.75) is 20.3 Å². The van der Waals surface area contributed by atoms with Crippen molar-refractivity contribution in [2.24, 2.45) is 0 Å². The van der Waals surface area contributed by atoms with Crippen LogP contribution in [0.3, 0.4) is 0 Å². The van der Waals surface area contributed by atoms with Gasteiger partial charge in [-0.1, -0.05) is 37.3 Å². The Labute approximate surface area is 134 Å². The Kier molecular flexibility index (Phi) is 3.98. The Morgan fingerprint density at radius 2 is 1.74 bits per heavy atom. The third-order valence-corrected chi connectivity index (χ3v) is 3.95. The highest BCUT2D eigenvalue weighted by molar-refractivity contribution is 6.48. The molecule has 4 heteroatoms. The van der Waals surface area contributed by atoms with E-state index >= 15 is 0 Å². The van der Waals surface area contributed by atoms with Crippen LogP contribution >= 0.6 is 0 Å². The summed E-state index contributed by atoms with van der Waals surface area (Å²) in [6.45, 7) is 3.87. The van der Waals surface area contributed by atoms with Gasteiger partial charge in [0.2, 0.25) is 0 Å². The third kappa shape index (κ3) is 2.88. The van der Waals surface area contributed by atoms with Crippen LogP contribution in [0.5, 0.6) is 0 Å². The zero-order chi connectivity index (χ0) is 16.4. The Morgan fingerprint density at radius 3 is 2.43 bits per heavy atom. The summed E-state index contributed by atoms with van der Waals surface area (Å²) in [4.78, 5) is 28.0. The lowest BCUT2D eigenvalue weighted by Crippen LogP contribution is -2.23. The van der Waals surface area contributed by atoms with Crippen LogP contribution in [0.2, 0.25) is 0 Å². The molecule has 2 N–H and O–H groups in total. The molecule has 4 nitrogen and oxygen atoms in total. The molecule has 3 aromatic rings. The van der Waals surface area contributed by atoms with Gasteiger partial charge < -0.3 is 10.3 Å². The monoisotopic (exact) mass is 306 g/mol. The molecular formula is C19H18N2O2. The first-order valence-corrected chi connectivity index (χ1v) is 7.62. The summed E-state index contributed by atoms with van der Waals surface area (Å²) >= 11 is 0. The number of hydrogen-bond acceptors (Lipinski definition) is 2. The van der Waals surface area contributed by atoms with Crippen molar-refractivity contribution in [1.29, 1.82) is 0 Å². The molecule has 0 spiro atoms. The summed E-state index contributed by atoms with van der Waals surface area (Å²) in [5.74, 6) is -1.15. The van der Waals surface area contributed by atoms with Crippen LogP contribution in [0.25, 0.3) is 10.9 Å². The fourth-order valence-corrected chi connectivity index (χ4v) is 2.69. The van der Waals surface area contributed by atoms with Crippen molar-refractivity contribution in [3.63, 3.8) is 0 Å². The second-order valence-corrected chi connectivity index (χ2v) is 5.50. The number of aromatic nitrogens is 1. The van der Waals surface area contributed by atoms with E-state index in [1.54, 1.807) is 6.92 Å². The summed E-state index contributed by atoms with van der Waals surface area (Å²) < 4.78 is 0. The van der Waals surface area contributed by atoms with Gasteiger partial charge in [0.1, 0.15) is 0 Å². The van der Waals surface area contributed by atoms with E-state index in [1.165, 1.54) is 5.56 Å². The normalized spacial score (nSPS) is 10.7. The molecule has 1 amide bonds. The summed E-state index contributed by atoms with van der Waals surface area (Å²) in [6.07, 6.45) is 0.932. The number of fused-ring (bicyclic) bond motifs is 1.